The van der Waals surface area contributed by atoms with Crippen molar-refractivity contribution in [1.82, 2.24) is 9.97 Å². The zero-order valence-corrected chi connectivity index (χ0v) is 6.06. The fraction of sp³-hybridized carbons (Fsp3) is 0.125. The third kappa shape index (κ3) is 0.808. The van der Waals surface area contributed by atoms with Crippen molar-refractivity contribution < 1.29 is 4.39 Å². The number of halogens is 1. The summed E-state index contributed by atoms with van der Waals surface area (Å²) in [6.45, 7) is 1.85. The van der Waals surface area contributed by atoms with Gasteiger partial charge in [0.2, 0.25) is 0 Å². The monoisotopic (exact) mass is 150 g/mol. The van der Waals surface area contributed by atoms with Crippen molar-refractivity contribution in [2.45, 2.75) is 6.92 Å². The van der Waals surface area contributed by atoms with Crippen LogP contribution in [-0.4, -0.2) is 9.97 Å². The molecule has 0 radical (unpaired) electrons. The van der Waals surface area contributed by atoms with E-state index >= 15 is 0 Å². The van der Waals surface area contributed by atoms with Crippen LogP contribution < -0.4 is 0 Å². The molecule has 0 bridgehead atoms. The van der Waals surface area contributed by atoms with Gasteiger partial charge in [-0.1, -0.05) is 0 Å². The predicted octanol–water partition coefficient (Wildman–Crippen LogP) is 2.01. The van der Waals surface area contributed by atoms with Crippen LogP contribution in [0.1, 0.15) is 5.69 Å². The number of hydrogen-bond acceptors (Lipinski definition) is 1. The summed E-state index contributed by atoms with van der Waals surface area (Å²) in [5, 5.41) is 0.609. The van der Waals surface area contributed by atoms with Crippen molar-refractivity contribution in [3.05, 3.63) is 30.0 Å². The number of nitrogens with zero attached hydrogens (tertiary/aromatic N) is 1. The average molecular weight is 150 g/mol. The molecular weight excluding hydrogens is 143 g/mol. The summed E-state index contributed by atoms with van der Waals surface area (Å²) >= 11 is 0. The van der Waals surface area contributed by atoms with Gasteiger partial charge in [0.15, 0.2) is 5.82 Å². The summed E-state index contributed by atoms with van der Waals surface area (Å²) in [6.07, 6.45) is 2.95. The minimum absolute atomic E-state index is 0.271. The van der Waals surface area contributed by atoms with Gasteiger partial charge < -0.3 is 4.98 Å². The second-order valence-corrected chi connectivity index (χ2v) is 2.46. The molecule has 2 nitrogen and oxygen atoms in total. The van der Waals surface area contributed by atoms with Crippen LogP contribution in [-0.2, 0) is 0 Å². The van der Waals surface area contributed by atoms with Gasteiger partial charge >= 0.3 is 0 Å². The lowest BCUT2D eigenvalue weighted by atomic mass is 10.2. The summed E-state index contributed by atoms with van der Waals surface area (Å²) in [7, 11) is 0. The fourth-order valence-electron chi connectivity index (χ4n) is 1.16. The van der Waals surface area contributed by atoms with Gasteiger partial charge in [-0.05, 0) is 13.0 Å². The number of rotatable bonds is 0. The molecule has 2 heterocycles. The van der Waals surface area contributed by atoms with Crippen LogP contribution in [0, 0.1) is 12.7 Å². The molecule has 0 aromatic carbocycles. The van der Waals surface area contributed by atoms with E-state index in [1.54, 1.807) is 12.3 Å². The highest BCUT2D eigenvalue weighted by Crippen LogP contribution is 2.16. The van der Waals surface area contributed by atoms with E-state index in [4.69, 9.17) is 0 Å². The highest BCUT2D eigenvalue weighted by Gasteiger charge is 2.03. The number of aryl methyl sites for hydroxylation is 1. The van der Waals surface area contributed by atoms with Crippen LogP contribution >= 0.6 is 0 Å². The van der Waals surface area contributed by atoms with E-state index in [9.17, 15) is 4.39 Å². The lowest BCUT2D eigenvalue weighted by molar-refractivity contribution is 0.633. The number of H-pyrrole nitrogens is 1. The first-order valence-corrected chi connectivity index (χ1v) is 3.37. The number of aromatic amines is 1. The van der Waals surface area contributed by atoms with E-state index in [1.165, 1.54) is 6.20 Å². The Kier molecular flexibility index (Phi) is 1.18. The smallest absolute Gasteiger partial charge is 0.150 e. The molecule has 0 spiro atoms. The van der Waals surface area contributed by atoms with Gasteiger partial charge in [-0.2, -0.15) is 0 Å². The minimum Gasteiger partial charge on any atom is -0.360 e. The number of pyridine rings is 1. The van der Waals surface area contributed by atoms with Crippen LogP contribution in [0.3, 0.4) is 0 Å². The molecule has 0 fully saturated rings. The molecule has 2 aromatic heterocycles. The van der Waals surface area contributed by atoms with E-state index in [-0.39, 0.29) is 5.82 Å². The second-order valence-electron chi connectivity index (χ2n) is 2.46. The van der Waals surface area contributed by atoms with E-state index in [2.05, 4.69) is 9.97 Å². The Labute approximate surface area is 63.1 Å². The first-order valence-electron chi connectivity index (χ1n) is 3.37. The molecule has 0 aliphatic carbocycles. The molecule has 0 amide bonds. The van der Waals surface area contributed by atoms with Gasteiger partial charge in [-0.15, -0.1) is 0 Å². The Morgan fingerprint density at radius 1 is 1.55 bits per heavy atom. The SMILES string of the molecule is Cc1ncc(F)c2cc[nH]c12. The summed E-state index contributed by atoms with van der Waals surface area (Å²) in [4.78, 5) is 6.80. The largest absolute Gasteiger partial charge is 0.360 e. The molecule has 0 saturated carbocycles. The molecule has 11 heavy (non-hydrogen) atoms. The molecule has 0 aliphatic heterocycles. The Bertz CT molecular complexity index is 356. The number of aromatic nitrogens is 2. The zero-order chi connectivity index (χ0) is 7.84. The fourth-order valence-corrected chi connectivity index (χ4v) is 1.16. The molecule has 56 valence electrons. The van der Waals surface area contributed by atoms with Gasteiger partial charge in [-0.3, -0.25) is 4.98 Å². The molecule has 0 aliphatic rings. The quantitative estimate of drug-likeness (QED) is 0.611. The summed E-state index contributed by atoms with van der Waals surface area (Å²) < 4.78 is 12.9. The van der Waals surface area contributed by atoms with Gasteiger partial charge in [0.25, 0.3) is 0 Å². The third-order valence-electron chi connectivity index (χ3n) is 1.74. The van der Waals surface area contributed by atoms with Gasteiger partial charge in [0, 0.05) is 11.6 Å². The van der Waals surface area contributed by atoms with Crippen molar-refractivity contribution in [2.24, 2.45) is 0 Å². The predicted molar refractivity (Wildman–Crippen MR) is 40.8 cm³/mol. The summed E-state index contributed by atoms with van der Waals surface area (Å²) in [6, 6.07) is 1.71. The first kappa shape index (κ1) is 6.34. The Morgan fingerprint density at radius 2 is 2.36 bits per heavy atom. The number of hydrogen-bond donors (Lipinski definition) is 1. The average Bonchev–Trinajstić information content (AvgIpc) is 2.45. The van der Waals surface area contributed by atoms with Crippen molar-refractivity contribution in [2.75, 3.05) is 0 Å². The van der Waals surface area contributed by atoms with E-state index in [0.717, 1.165) is 11.2 Å². The normalized spacial score (nSPS) is 10.7. The van der Waals surface area contributed by atoms with Crippen molar-refractivity contribution in [3.63, 3.8) is 0 Å². The molecule has 3 heteroatoms. The molecule has 2 rings (SSSR count). The maximum Gasteiger partial charge on any atom is 0.150 e. The standard InChI is InChI=1S/C8H7FN2/c1-5-8-6(2-3-10-8)7(9)4-11-5/h2-4,10H,1H3. The highest BCUT2D eigenvalue weighted by molar-refractivity contribution is 5.81. The van der Waals surface area contributed by atoms with Gasteiger partial charge in [-0.25, -0.2) is 4.39 Å². The van der Waals surface area contributed by atoms with E-state index in [0.29, 0.717) is 5.39 Å². The summed E-state index contributed by atoms with van der Waals surface area (Å²) in [5.74, 6) is -0.271. The molecule has 0 atom stereocenters. The van der Waals surface area contributed by atoms with Crippen molar-refractivity contribution in [3.8, 4) is 0 Å². The zero-order valence-electron chi connectivity index (χ0n) is 6.06. The number of fused-ring (bicyclic) bond motifs is 1. The second kappa shape index (κ2) is 2.05. The molecule has 2 aromatic rings. The van der Waals surface area contributed by atoms with Gasteiger partial charge in [0.05, 0.1) is 17.4 Å². The first-order chi connectivity index (χ1) is 5.29. The van der Waals surface area contributed by atoms with Crippen LogP contribution in [0.4, 0.5) is 4.39 Å². The lowest BCUT2D eigenvalue weighted by Crippen LogP contribution is -1.85. The van der Waals surface area contributed by atoms with Crippen molar-refractivity contribution >= 4 is 10.9 Å². The minimum atomic E-state index is -0.271. The molecular formula is C8H7FN2. The third-order valence-corrected chi connectivity index (χ3v) is 1.74. The molecule has 0 saturated heterocycles. The lowest BCUT2D eigenvalue weighted by Gasteiger charge is -1.94. The van der Waals surface area contributed by atoms with E-state index in [1.807, 2.05) is 6.92 Å². The van der Waals surface area contributed by atoms with E-state index < -0.39 is 0 Å². The van der Waals surface area contributed by atoms with Gasteiger partial charge in [0.1, 0.15) is 0 Å². The maximum absolute atomic E-state index is 12.9. The Morgan fingerprint density at radius 3 is 3.09 bits per heavy atom. The highest BCUT2D eigenvalue weighted by atomic mass is 19.1. The van der Waals surface area contributed by atoms with Crippen molar-refractivity contribution in [1.29, 1.82) is 0 Å². The number of nitrogens with one attached hydrogen (secondary N) is 1. The Balaban J connectivity index is 2.96. The molecule has 0 unspecified atom stereocenters. The molecule has 1 N–H and O–H groups in total. The maximum atomic E-state index is 12.9. The Hall–Kier alpha value is -1.38. The van der Waals surface area contributed by atoms with Crippen LogP contribution in [0.25, 0.3) is 10.9 Å². The summed E-state index contributed by atoms with van der Waals surface area (Å²) in [5.41, 5.74) is 1.61. The topological polar surface area (TPSA) is 28.7 Å². The van der Waals surface area contributed by atoms with Crippen LogP contribution in [0.5, 0.6) is 0 Å². The van der Waals surface area contributed by atoms with Crippen LogP contribution in [0.2, 0.25) is 0 Å². The van der Waals surface area contributed by atoms with Crippen LogP contribution in [0.15, 0.2) is 18.5 Å².